The van der Waals surface area contributed by atoms with Gasteiger partial charge in [0.1, 0.15) is 5.75 Å². The van der Waals surface area contributed by atoms with Crippen molar-refractivity contribution in [2.24, 2.45) is 0 Å². The van der Waals surface area contributed by atoms with E-state index in [2.05, 4.69) is 5.32 Å². The highest BCUT2D eigenvalue weighted by Crippen LogP contribution is 2.18. The van der Waals surface area contributed by atoms with Gasteiger partial charge in [-0.3, -0.25) is 4.79 Å². The van der Waals surface area contributed by atoms with Crippen molar-refractivity contribution >= 4 is 23.6 Å². The van der Waals surface area contributed by atoms with Gasteiger partial charge in [0.25, 0.3) is 0 Å². The third-order valence-corrected chi connectivity index (χ3v) is 4.65. The second kappa shape index (κ2) is 9.74. The van der Waals surface area contributed by atoms with Crippen molar-refractivity contribution < 1.29 is 19.4 Å². The van der Waals surface area contributed by atoms with Crippen LogP contribution in [0.25, 0.3) is 0 Å². The number of rotatable bonds is 9. The number of benzene rings is 2. The number of amides is 1. The molecule has 0 spiro atoms. The van der Waals surface area contributed by atoms with Gasteiger partial charge in [-0.15, -0.1) is 11.8 Å². The Morgan fingerprint density at radius 1 is 1.12 bits per heavy atom. The van der Waals surface area contributed by atoms with Crippen molar-refractivity contribution in [1.29, 1.82) is 0 Å². The summed E-state index contributed by atoms with van der Waals surface area (Å²) in [5, 5.41) is 11.4. The van der Waals surface area contributed by atoms with Gasteiger partial charge in [0.15, 0.2) is 6.61 Å². The zero-order valence-electron chi connectivity index (χ0n) is 14.0. The first-order chi connectivity index (χ1) is 12.0. The lowest BCUT2D eigenvalue weighted by Gasteiger charge is -2.12. The highest BCUT2D eigenvalue weighted by atomic mass is 32.2. The third-order valence-electron chi connectivity index (χ3n) is 3.44. The first-order valence-corrected chi connectivity index (χ1v) is 8.96. The van der Waals surface area contributed by atoms with E-state index in [4.69, 9.17) is 9.84 Å². The predicted octanol–water partition coefficient (Wildman–Crippen LogP) is 3.09. The molecule has 0 saturated heterocycles. The molecule has 1 atom stereocenters. The largest absolute Gasteiger partial charge is 0.482 e. The van der Waals surface area contributed by atoms with Gasteiger partial charge in [-0.25, -0.2) is 4.79 Å². The normalized spacial score (nSPS) is 11.6. The lowest BCUT2D eigenvalue weighted by molar-refractivity contribution is -0.139. The molecule has 2 aromatic carbocycles. The van der Waals surface area contributed by atoms with Gasteiger partial charge in [-0.05, 0) is 30.2 Å². The Hall–Kier alpha value is -2.47. The Labute approximate surface area is 151 Å². The molecular weight excluding hydrogens is 338 g/mol. The quantitative estimate of drug-likeness (QED) is 0.720. The van der Waals surface area contributed by atoms with Gasteiger partial charge in [0.2, 0.25) is 5.91 Å². The number of thioether (sulfide) groups is 1. The molecule has 0 bridgehead atoms. The lowest BCUT2D eigenvalue weighted by Crippen LogP contribution is -2.30. The minimum atomic E-state index is -1.03. The van der Waals surface area contributed by atoms with Crippen LogP contribution in [0.2, 0.25) is 0 Å². The number of carboxylic acid groups (broad SMARTS) is 1. The summed E-state index contributed by atoms with van der Waals surface area (Å²) in [7, 11) is 0. The van der Waals surface area contributed by atoms with E-state index in [0.29, 0.717) is 12.3 Å². The van der Waals surface area contributed by atoms with E-state index >= 15 is 0 Å². The SMILES string of the molecule is CC(SCc1ccccc1)C(=O)NCc1cccc(OCC(=O)O)c1. The van der Waals surface area contributed by atoms with Crippen LogP contribution < -0.4 is 10.1 Å². The van der Waals surface area contributed by atoms with Crippen LogP contribution >= 0.6 is 11.8 Å². The van der Waals surface area contributed by atoms with Crippen LogP contribution in [0.15, 0.2) is 54.6 Å². The number of carboxylic acids is 1. The van der Waals surface area contributed by atoms with Crippen LogP contribution in [0.3, 0.4) is 0 Å². The fourth-order valence-corrected chi connectivity index (χ4v) is 2.96. The molecule has 0 aliphatic heterocycles. The summed E-state index contributed by atoms with van der Waals surface area (Å²) in [4.78, 5) is 22.7. The van der Waals surface area contributed by atoms with E-state index in [-0.39, 0.29) is 17.8 Å². The Bertz CT molecular complexity index is 706. The Balaban J connectivity index is 1.78. The van der Waals surface area contributed by atoms with Crippen molar-refractivity contribution in [1.82, 2.24) is 5.32 Å². The zero-order valence-corrected chi connectivity index (χ0v) is 14.8. The monoisotopic (exact) mass is 359 g/mol. The lowest BCUT2D eigenvalue weighted by atomic mass is 10.2. The van der Waals surface area contributed by atoms with Crippen LogP contribution in [-0.4, -0.2) is 28.8 Å². The Morgan fingerprint density at radius 3 is 2.56 bits per heavy atom. The molecule has 2 aromatic rings. The zero-order chi connectivity index (χ0) is 18.1. The highest BCUT2D eigenvalue weighted by molar-refractivity contribution is 7.99. The average Bonchev–Trinajstić information content (AvgIpc) is 2.63. The molecule has 0 aliphatic carbocycles. The van der Waals surface area contributed by atoms with E-state index in [0.717, 1.165) is 11.3 Å². The smallest absolute Gasteiger partial charge is 0.341 e. The van der Waals surface area contributed by atoms with Crippen LogP contribution in [0.4, 0.5) is 0 Å². The van der Waals surface area contributed by atoms with Gasteiger partial charge < -0.3 is 15.2 Å². The number of carbonyl (C=O) groups excluding carboxylic acids is 1. The summed E-state index contributed by atoms with van der Waals surface area (Å²) in [5.74, 6) is 0.204. The molecule has 2 N–H and O–H groups in total. The Morgan fingerprint density at radius 2 is 1.84 bits per heavy atom. The Kier molecular flexibility index (Phi) is 7.35. The van der Waals surface area contributed by atoms with E-state index in [1.165, 1.54) is 5.56 Å². The van der Waals surface area contributed by atoms with E-state index < -0.39 is 5.97 Å². The topological polar surface area (TPSA) is 75.6 Å². The molecule has 0 aromatic heterocycles. The molecule has 0 fully saturated rings. The molecule has 0 aliphatic rings. The molecule has 132 valence electrons. The summed E-state index contributed by atoms with van der Waals surface area (Å²) in [6.07, 6.45) is 0. The second-order valence-corrected chi connectivity index (χ2v) is 6.82. The fraction of sp³-hybridized carbons (Fsp3) is 0.263. The maximum Gasteiger partial charge on any atom is 0.341 e. The summed E-state index contributed by atoms with van der Waals surface area (Å²) < 4.78 is 5.13. The van der Waals surface area contributed by atoms with E-state index in [1.807, 2.05) is 43.3 Å². The maximum absolute atomic E-state index is 12.2. The van der Waals surface area contributed by atoms with Crippen molar-refractivity contribution in [3.63, 3.8) is 0 Å². The third kappa shape index (κ3) is 6.89. The van der Waals surface area contributed by atoms with Crippen LogP contribution in [-0.2, 0) is 21.9 Å². The fourth-order valence-electron chi connectivity index (χ4n) is 2.09. The number of ether oxygens (including phenoxy) is 1. The molecular formula is C19H21NO4S. The van der Waals surface area contributed by atoms with E-state index in [9.17, 15) is 9.59 Å². The van der Waals surface area contributed by atoms with Crippen LogP contribution in [0.1, 0.15) is 18.1 Å². The molecule has 0 saturated carbocycles. The minimum absolute atomic E-state index is 0.0298. The molecule has 0 radical (unpaired) electrons. The average molecular weight is 359 g/mol. The number of aliphatic carboxylic acids is 1. The van der Waals surface area contributed by atoms with Crippen LogP contribution in [0.5, 0.6) is 5.75 Å². The number of hydrogen-bond acceptors (Lipinski definition) is 4. The van der Waals surface area contributed by atoms with E-state index in [1.54, 1.807) is 30.0 Å². The standard InChI is InChI=1S/C19H21NO4S/c1-14(25-13-15-6-3-2-4-7-15)19(23)20-11-16-8-5-9-17(10-16)24-12-18(21)22/h2-10,14H,11-13H2,1H3,(H,20,23)(H,21,22). The molecule has 2 rings (SSSR count). The summed E-state index contributed by atoms with van der Waals surface area (Å²) >= 11 is 1.59. The summed E-state index contributed by atoms with van der Waals surface area (Å²) in [6, 6.07) is 17.1. The molecule has 1 amide bonds. The first-order valence-electron chi connectivity index (χ1n) is 7.91. The first kappa shape index (κ1) is 18.9. The maximum atomic E-state index is 12.2. The van der Waals surface area contributed by atoms with Crippen molar-refractivity contribution in [2.45, 2.75) is 24.5 Å². The van der Waals surface area contributed by atoms with Crippen molar-refractivity contribution in [3.8, 4) is 5.75 Å². The molecule has 6 heteroatoms. The number of carbonyl (C=O) groups is 2. The molecule has 5 nitrogen and oxygen atoms in total. The van der Waals surface area contributed by atoms with Gasteiger partial charge >= 0.3 is 5.97 Å². The van der Waals surface area contributed by atoms with Crippen molar-refractivity contribution in [2.75, 3.05) is 6.61 Å². The number of nitrogens with one attached hydrogen (secondary N) is 1. The minimum Gasteiger partial charge on any atom is -0.482 e. The van der Waals surface area contributed by atoms with Gasteiger partial charge in [-0.2, -0.15) is 0 Å². The molecule has 25 heavy (non-hydrogen) atoms. The molecule has 1 unspecified atom stereocenters. The summed E-state index contributed by atoms with van der Waals surface area (Å²) in [6.45, 7) is 1.87. The van der Waals surface area contributed by atoms with Gasteiger partial charge in [-0.1, -0.05) is 42.5 Å². The number of hydrogen-bond donors (Lipinski definition) is 2. The molecule has 0 heterocycles. The van der Waals surface area contributed by atoms with Crippen molar-refractivity contribution in [3.05, 3.63) is 65.7 Å². The van der Waals surface area contributed by atoms with Crippen LogP contribution in [0, 0.1) is 0 Å². The summed E-state index contributed by atoms with van der Waals surface area (Å²) in [5.41, 5.74) is 2.05. The van der Waals surface area contributed by atoms with Gasteiger partial charge in [0, 0.05) is 12.3 Å². The predicted molar refractivity (Wildman–Crippen MR) is 98.6 cm³/mol. The van der Waals surface area contributed by atoms with Gasteiger partial charge in [0.05, 0.1) is 5.25 Å². The second-order valence-electron chi connectivity index (χ2n) is 5.49. The highest BCUT2D eigenvalue weighted by Gasteiger charge is 2.13.